The van der Waals surface area contributed by atoms with E-state index in [0.717, 1.165) is 36.3 Å². The number of nitrogens with one attached hydrogen (secondary N) is 1. The Hall–Kier alpha value is -2.17. The lowest BCUT2D eigenvalue weighted by molar-refractivity contribution is -0.114. The number of hydrogen-bond donors (Lipinski definition) is 2. The number of aliphatic hydroxyl groups is 1. The molecule has 1 atom stereocenters. The molecule has 126 valence electrons. The van der Waals surface area contributed by atoms with Crippen LogP contribution in [0.15, 0.2) is 48.5 Å². The van der Waals surface area contributed by atoms with Crippen LogP contribution in [0.2, 0.25) is 0 Å². The van der Waals surface area contributed by atoms with Gasteiger partial charge in [-0.1, -0.05) is 36.4 Å². The van der Waals surface area contributed by atoms with Crippen molar-refractivity contribution in [2.45, 2.75) is 32.4 Å². The van der Waals surface area contributed by atoms with Crippen LogP contribution in [-0.4, -0.2) is 29.0 Å². The minimum atomic E-state index is -0.762. The van der Waals surface area contributed by atoms with Gasteiger partial charge in [0.2, 0.25) is 5.91 Å². The molecule has 0 saturated carbocycles. The first-order valence-corrected chi connectivity index (χ1v) is 8.34. The Morgan fingerprint density at radius 3 is 2.58 bits per heavy atom. The van der Waals surface area contributed by atoms with Gasteiger partial charge in [-0.3, -0.25) is 9.69 Å². The third-order valence-electron chi connectivity index (χ3n) is 4.65. The Morgan fingerprint density at radius 2 is 1.92 bits per heavy atom. The van der Waals surface area contributed by atoms with Crippen LogP contribution >= 0.6 is 0 Å². The van der Waals surface area contributed by atoms with Crippen molar-refractivity contribution in [2.75, 3.05) is 18.4 Å². The molecule has 2 aromatic carbocycles. The summed E-state index contributed by atoms with van der Waals surface area (Å²) in [6, 6.07) is 16.0. The highest BCUT2D eigenvalue weighted by Gasteiger charge is 2.38. The Kier molecular flexibility index (Phi) is 4.69. The molecule has 3 rings (SSSR count). The first-order valence-electron chi connectivity index (χ1n) is 8.34. The average molecular weight is 324 g/mol. The van der Waals surface area contributed by atoms with Crippen molar-refractivity contribution in [3.63, 3.8) is 0 Å². The molecule has 2 N–H and O–H groups in total. The van der Waals surface area contributed by atoms with E-state index in [-0.39, 0.29) is 5.91 Å². The number of nitrogens with zero attached hydrogens (tertiary/aromatic N) is 1. The number of carbonyl (C=O) groups excluding carboxylic acids is 1. The molecule has 1 saturated heterocycles. The molecule has 0 spiro atoms. The second-order valence-electron chi connectivity index (χ2n) is 6.69. The van der Waals surface area contributed by atoms with E-state index in [2.05, 4.69) is 23.2 Å². The first kappa shape index (κ1) is 16.7. The molecule has 1 fully saturated rings. The second kappa shape index (κ2) is 6.75. The number of benzene rings is 2. The predicted octanol–water partition coefficient (Wildman–Crippen LogP) is 3.05. The van der Waals surface area contributed by atoms with Crippen LogP contribution in [0.5, 0.6) is 0 Å². The maximum absolute atomic E-state index is 11.1. The van der Waals surface area contributed by atoms with Crippen molar-refractivity contribution in [2.24, 2.45) is 0 Å². The number of carbonyl (C=O) groups is 1. The molecule has 1 heterocycles. The van der Waals surface area contributed by atoms with E-state index in [4.69, 9.17) is 0 Å². The third-order valence-corrected chi connectivity index (χ3v) is 4.65. The normalized spacial score (nSPS) is 21.0. The second-order valence-corrected chi connectivity index (χ2v) is 6.69. The summed E-state index contributed by atoms with van der Waals surface area (Å²) in [5.74, 6) is -0.0643. The molecule has 2 aromatic rings. The van der Waals surface area contributed by atoms with Crippen molar-refractivity contribution in [1.82, 2.24) is 4.90 Å². The van der Waals surface area contributed by atoms with Crippen molar-refractivity contribution in [3.8, 4) is 0 Å². The highest BCUT2D eigenvalue weighted by atomic mass is 16.3. The summed E-state index contributed by atoms with van der Waals surface area (Å²) in [6.45, 7) is 5.87. The third kappa shape index (κ3) is 3.66. The van der Waals surface area contributed by atoms with Crippen LogP contribution in [0.3, 0.4) is 0 Å². The lowest BCUT2D eigenvalue weighted by atomic mass is 9.89. The SMILES string of the molecule is CC(=O)Nc1ccc(CN2CC[C@@](O)(c3ccccc3C)C2)cc1. The van der Waals surface area contributed by atoms with Gasteiger partial charge in [0.15, 0.2) is 0 Å². The van der Waals surface area contributed by atoms with Crippen LogP contribution in [-0.2, 0) is 16.9 Å². The largest absolute Gasteiger partial charge is 0.384 e. The number of aryl methyl sites for hydroxylation is 1. The Balaban J connectivity index is 1.66. The number of anilines is 1. The Morgan fingerprint density at radius 1 is 1.21 bits per heavy atom. The summed E-state index contributed by atoms with van der Waals surface area (Å²) in [7, 11) is 0. The summed E-state index contributed by atoms with van der Waals surface area (Å²) in [5, 5.41) is 13.8. The van der Waals surface area contributed by atoms with Crippen molar-refractivity contribution in [1.29, 1.82) is 0 Å². The van der Waals surface area contributed by atoms with Gasteiger partial charge in [-0.05, 0) is 42.2 Å². The molecule has 4 heteroatoms. The number of hydrogen-bond acceptors (Lipinski definition) is 3. The molecule has 0 radical (unpaired) electrons. The lowest BCUT2D eigenvalue weighted by Crippen LogP contribution is -2.31. The maximum atomic E-state index is 11.1. The molecule has 1 aliphatic heterocycles. The van der Waals surface area contributed by atoms with Gasteiger partial charge < -0.3 is 10.4 Å². The van der Waals surface area contributed by atoms with E-state index >= 15 is 0 Å². The van der Waals surface area contributed by atoms with E-state index in [0.29, 0.717) is 6.54 Å². The van der Waals surface area contributed by atoms with Crippen molar-refractivity contribution in [3.05, 3.63) is 65.2 Å². The number of β-amino-alcohol motifs (C(OH)–C–C–N with tert-alkyl or cyclic N) is 1. The van der Waals surface area contributed by atoms with Gasteiger partial charge >= 0.3 is 0 Å². The minimum Gasteiger partial charge on any atom is -0.384 e. The van der Waals surface area contributed by atoms with E-state index in [1.54, 1.807) is 0 Å². The maximum Gasteiger partial charge on any atom is 0.221 e. The summed E-state index contributed by atoms with van der Waals surface area (Å²) in [4.78, 5) is 13.3. The molecule has 1 amide bonds. The van der Waals surface area contributed by atoms with Gasteiger partial charge in [0, 0.05) is 32.2 Å². The molecular formula is C20H24N2O2. The summed E-state index contributed by atoms with van der Waals surface area (Å²) < 4.78 is 0. The zero-order valence-electron chi connectivity index (χ0n) is 14.2. The molecule has 4 nitrogen and oxygen atoms in total. The van der Waals surface area contributed by atoms with Gasteiger partial charge in [-0.15, -0.1) is 0 Å². The van der Waals surface area contributed by atoms with Crippen molar-refractivity contribution < 1.29 is 9.90 Å². The van der Waals surface area contributed by atoms with E-state index in [1.807, 2.05) is 42.5 Å². The van der Waals surface area contributed by atoms with E-state index in [9.17, 15) is 9.90 Å². The van der Waals surface area contributed by atoms with Crippen molar-refractivity contribution >= 4 is 11.6 Å². The monoisotopic (exact) mass is 324 g/mol. The molecule has 0 unspecified atom stereocenters. The predicted molar refractivity (Wildman–Crippen MR) is 95.7 cm³/mol. The lowest BCUT2D eigenvalue weighted by Gasteiger charge is -2.25. The van der Waals surface area contributed by atoms with Gasteiger partial charge in [0.1, 0.15) is 5.60 Å². The fourth-order valence-corrected chi connectivity index (χ4v) is 3.48. The Bertz CT molecular complexity index is 727. The Labute approximate surface area is 143 Å². The molecular weight excluding hydrogens is 300 g/mol. The summed E-state index contributed by atoms with van der Waals surface area (Å²) in [6.07, 6.45) is 0.752. The fraction of sp³-hybridized carbons (Fsp3) is 0.350. The van der Waals surface area contributed by atoms with E-state index in [1.165, 1.54) is 12.5 Å². The van der Waals surface area contributed by atoms with Crippen LogP contribution in [0.1, 0.15) is 30.0 Å². The zero-order valence-corrected chi connectivity index (χ0v) is 14.2. The van der Waals surface area contributed by atoms with Crippen LogP contribution in [0, 0.1) is 6.92 Å². The topological polar surface area (TPSA) is 52.6 Å². The van der Waals surface area contributed by atoms with Gasteiger partial charge in [0.05, 0.1) is 0 Å². The number of amides is 1. The summed E-state index contributed by atoms with van der Waals surface area (Å²) in [5.41, 5.74) is 3.40. The molecule has 0 aromatic heterocycles. The molecule has 1 aliphatic rings. The first-order chi connectivity index (χ1) is 11.5. The number of rotatable bonds is 4. The number of likely N-dealkylation sites (tertiary alicyclic amines) is 1. The van der Waals surface area contributed by atoms with E-state index < -0.39 is 5.60 Å². The molecule has 0 aliphatic carbocycles. The minimum absolute atomic E-state index is 0.0643. The summed E-state index contributed by atoms with van der Waals surface area (Å²) >= 11 is 0. The quantitative estimate of drug-likeness (QED) is 0.909. The standard InChI is InChI=1S/C20H24N2O2/c1-15-5-3-4-6-19(15)20(24)11-12-22(14-20)13-17-7-9-18(10-8-17)21-16(2)23/h3-10,24H,11-14H2,1-2H3,(H,21,23)/t20-/m0/s1. The van der Waals surface area contributed by atoms with Crippen LogP contribution < -0.4 is 5.32 Å². The zero-order chi connectivity index (χ0) is 17.2. The smallest absolute Gasteiger partial charge is 0.221 e. The molecule has 0 bridgehead atoms. The molecule has 24 heavy (non-hydrogen) atoms. The highest BCUT2D eigenvalue weighted by molar-refractivity contribution is 5.88. The van der Waals surface area contributed by atoms with Crippen LogP contribution in [0.4, 0.5) is 5.69 Å². The highest BCUT2D eigenvalue weighted by Crippen LogP contribution is 2.34. The van der Waals surface area contributed by atoms with Gasteiger partial charge in [0.25, 0.3) is 0 Å². The van der Waals surface area contributed by atoms with Crippen LogP contribution in [0.25, 0.3) is 0 Å². The van der Waals surface area contributed by atoms with Gasteiger partial charge in [-0.25, -0.2) is 0 Å². The fourth-order valence-electron chi connectivity index (χ4n) is 3.48. The van der Waals surface area contributed by atoms with Gasteiger partial charge in [-0.2, -0.15) is 0 Å². The average Bonchev–Trinajstić information content (AvgIpc) is 2.91.